The van der Waals surface area contributed by atoms with Gasteiger partial charge in [0, 0.05) is 0 Å². The molecule has 3 aromatic rings. The van der Waals surface area contributed by atoms with E-state index in [-0.39, 0.29) is 21.3 Å². The summed E-state index contributed by atoms with van der Waals surface area (Å²) in [6, 6.07) is 15.7. The number of hydrazine groups is 1. The van der Waals surface area contributed by atoms with Crippen molar-refractivity contribution >= 4 is 35.0 Å². The van der Waals surface area contributed by atoms with Crippen LogP contribution in [0.25, 0.3) is 5.69 Å². The highest BCUT2D eigenvalue weighted by molar-refractivity contribution is 6.34. The van der Waals surface area contributed by atoms with E-state index in [1.165, 1.54) is 4.68 Å². The Morgan fingerprint density at radius 3 is 2.23 bits per heavy atom. The number of para-hydroxylation sites is 1. The number of aryl methyl sites for hydroxylation is 1. The van der Waals surface area contributed by atoms with Gasteiger partial charge in [0.15, 0.2) is 0 Å². The van der Waals surface area contributed by atoms with Crippen LogP contribution in [-0.2, 0) is 0 Å². The van der Waals surface area contributed by atoms with E-state index in [0.29, 0.717) is 5.69 Å². The maximum Gasteiger partial charge on any atom is 0.274 e. The minimum atomic E-state index is -0.574. The molecule has 2 amide bonds. The first kappa shape index (κ1) is 18.0. The van der Waals surface area contributed by atoms with Gasteiger partial charge in [-0.15, -0.1) is 0 Å². The quantitative estimate of drug-likeness (QED) is 0.673. The van der Waals surface area contributed by atoms with E-state index < -0.39 is 11.8 Å². The molecule has 8 heteroatoms. The molecule has 132 valence electrons. The molecule has 0 aliphatic heterocycles. The predicted molar refractivity (Wildman–Crippen MR) is 99.7 cm³/mol. The lowest BCUT2D eigenvalue weighted by atomic mass is 10.2. The van der Waals surface area contributed by atoms with Crippen molar-refractivity contribution in [3.8, 4) is 5.69 Å². The molecule has 0 unspecified atom stereocenters. The van der Waals surface area contributed by atoms with Crippen molar-refractivity contribution in [1.29, 1.82) is 0 Å². The number of rotatable bonds is 3. The Labute approximate surface area is 159 Å². The van der Waals surface area contributed by atoms with Crippen LogP contribution in [0.15, 0.2) is 54.6 Å². The van der Waals surface area contributed by atoms with E-state index in [1.807, 2.05) is 30.3 Å². The molecule has 0 saturated carbocycles. The van der Waals surface area contributed by atoms with Gasteiger partial charge in [-0.1, -0.05) is 53.5 Å². The highest BCUT2D eigenvalue weighted by Crippen LogP contribution is 2.23. The van der Waals surface area contributed by atoms with Crippen LogP contribution in [0.3, 0.4) is 0 Å². The zero-order chi connectivity index (χ0) is 18.7. The van der Waals surface area contributed by atoms with Crippen LogP contribution in [0, 0.1) is 6.92 Å². The summed E-state index contributed by atoms with van der Waals surface area (Å²) in [5.74, 6) is -1.11. The first-order valence-electron chi connectivity index (χ1n) is 7.65. The maximum atomic E-state index is 12.5. The number of amides is 2. The second kappa shape index (κ2) is 7.59. The number of carbonyl (C=O) groups is 2. The van der Waals surface area contributed by atoms with Gasteiger partial charge in [0.25, 0.3) is 11.8 Å². The van der Waals surface area contributed by atoms with E-state index in [1.54, 1.807) is 31.2 Å². The molecule has 2 N–H and O–H groups in total. The number of benzene rings is 2. The second-order valence-corrected chi connectivity index (χ2v) is 6.15. The Hall–Kier alpha value is -2.83. The lowest BCUT2D eigenvalue weighted by Gasteiger charge is -2.08. The van der Waals surface area contributed by atoms with Gasteiger partial charge >= 0.3 is 0 Å². The molecule has 1 heterocycles. The molecule has 0 fully saturated rings. The summed E-state index contributed by atoms with van der Waals surface area (Å²) in [5, 5.41) is 4.72. The van der Waals surface area contributed by atoms with Gasteiger partial charge in [-0.3, -0.25) is 20.4 Å². The van der Waals surface area contributed by atoms with Crippen molar-refractivity contribution in [2.75, 3.05) is 0 Å². The lowest BCUT2D eigenvalue weighted by Crippen LogP contribution is -2.42. The van der Waals surface area contributed by atoms with Gasteiger partial charge < -0.3 is 0 Å². The average molecular weight is 389 g/mol. The highest BCUT2D eigenvalue weighted by atomic mass is 35.5. The SMILES string of the molecule is Cc1nn(-c2ccccc2)c(Cl)c1C(=O)NNC(=O)c1ccccc1Cl. The van der Waals surface area contributed by atoms with Crippen molar-refractivity contribution in [1.82, 2.24) is 20.6 Å². The third-order valence-electron chi connectivity index (χ3n) is 3.64. The third-order valence-corrected chi connectivity index (χ3v) is 4.32. The Morgan fingerprint density at radius 1 is 0.923 bits per heavy atom. The number of aromatic nitrogens is 2. The Kier molecular flexibility index (Phi) is 5.25. The normalized spacial score (nSPS) is 10.4. The summed E-state index contributed by atoms with van der Waals surface area (Å²) in [7, 11) is 0. The fourth-order valence-electron chi connectivity index (χ4n) is 2.39. The van der Waals surface area contributed by atoms with E-state index in [4.69, 9.17) is 23.2 Å². The Balaban J connectivity index is 1.78. The fourth-order valence-corrected chi connectivity index (χ4v) is 2.97. The van der Waals surface area contributed by atoms with Crippen molar-refractivity contribution in [2.24, 2.45) is 0 Å². The molecule has 1 aromatic heterocycles. The van der Waals surface area contributed by atoms with Crippen LogP contribution >= 0.6 is 23.2 Å². The van der Waals surface area contributed by atoms with Gasteiger partial charge in [0.1, 0.15) is 10.7 Å². The van der Waals surface area contributed by atoms with Crippen molar-refractivity contribution in [2.45, 2.75) is 6.92 Å². The van der Waals surface area contributed by atoms with Crippen LogP contribution in [0.5, 0.6) is 0 Å². The average Bonchev–Trinajstić information content (AvgIpc) is 2.95. The third kappa shape index (κ3) is 3.56. The van der Waals surface area contributed by atoms with Crippen molar-refractivity contribution in [3.63, 3.8) is 0 Å². The minimum Gasteiger partial charge on any atom is -0.267 e. The molecule has 6 nitrogen and oxygen atoms in total. The van der Waals surface area contributed by atoms with Gasteiger partial charge in [-0.25, -0.2) is 4.68 Å². The fraction of sp³-hybridized carbons (Fsp3) is 0.0556. The van der Waals surface area contributed by atoms with Crippen LogP contribution in [0.1, 0.15) is 26.4 Å². The monoisotopic (exact) mass is 388 g/mol. The predicted octanol–water partition coefficient (Wildman–Crippen LogP) is 3.56. The molecule has 0 aliphatic carbocycles. The van der Waals surface area contributed by atoms with E-state index >= 15 is 0 Å². The van der Waals surface area contributed by atoms with Crippen molar-refractivity contribution < 1.29 is 9.59 Å². The number of halogens is 2. The van der Waals surface area contributed by atoms with Gasteiger partial charge in [0.05, 0.1) is 22.0 Å². The summed E-state index contributed by atoms with van der Waals surface area (Å²) in [6.07, 6.45) is 0. The van der Waals surface area contributed by atoms with Gasteiger partial charge in [-0.2, -0.15) is 5.10 Å². The van der Waals surface area contributed by atoms with E-state index in [0.717, 1.165) is 5.69 Å². The van der Waals surface area contributed by atoms with Crippen LogP contribution < -0.4 is 10.9 Å². The Morgan fingerprint density at radius 2 is 1.54 bits per heavy atom. The Bertz CT molecular complexity index is 971. The zero-order valence-electron chi connectivity index (χ0n) is 13.7. The molecule has 0 bridgehead atoms. The summed E-state index contributed by atoms with van der Waals surface area (Å²) in [6.45, 7) is 1.66. The minimum absolute atomic E-state index is 0.151. The van der Waals surface area contributed by atoms with E-state index in [9.17, 15) is 9.59 Å². The summed E-state index contributed by atoms with van der Waals surface area (Å²) in [5.41, 5.74) is 6.24. The van der Waals surface area contributed by atoms with Gasteiger partial charge in [0.2, 0.25) is 0 Å². The molecule has 26 heavy (non-hydrogen) atoms. The number of carbonyl (C=O) groups excluding carboxylic acids is 2. The second-order valence-electron chi connectivity index (χ2n) is 5.39. The molecule has 0 radical (unpaired) electrons. The van der Waals surface area contributed by atoms with Crippen LogP contribution in [0.4, 0.5) is 0 Å². The highest BCUT2D eigenvalue weighted by Gasteiger charge is 2.21. The summed E-state index contributed by atoms with van der Waals surface area (Å²) >= 11 is 12.3. The number of nitrogens with one attached hydrogen (secondary N) is 2. The van der Waals surface area contributed by atoms with Crippen LogP contribution in [0.2, 0.25) is 10.2 Å². The van der Waals surface area contributed by atoms with Gasteiger partial charge in [-0.05, 0) is 31.2 Å². The molecular weight excluding hydrogens is 375 g/mol. The first-order chi connectivity index (χ1) is 12.5. The van der Waals surface area contributed by atoms with Crippen molar-refractivity contribution in [3.05, 3.63) is 81.6 Å². The number of hydrogen-bond acceptors (Lipinski definition) is 3. The molecule has 0 atom stereocenters. The topological polar surface area (TPSA) is 76.0 Å². The lowest BCUT2D eigenvalue weighted by molar-refractivity contribution is 0.0846. The summed E-state index contributed by atoms with van der Waals surface area (Å²) < 4.78 is 1.46. The molecule has 3 rings (SSSR count). The maximum absolute atomic E-state index is 12.5. The smallest absolute Gasteiger partial charge is 0.267 e. The zero-order valence-corrected chi connectivity index (χ0v) is 15.2. The molecule has 0 spiro atoms. The standard InChI is InChI=1S/C18H14Cl2N4O2/c1-11-15(16(20)24(23-11)12-7-3-2-4-8-12)18(26)22-21-17(25)13-9-5-6-10-14(13)19/h2-10H,1H3,(H,21,25)(H,22,26). The molecular formula is C18H14Cl2N4O2. The largest absolute Gasteiger partial charge is 0.274 e. The number of nitrogens with zero attached hydrogens (tertiary/aromatic N) is 2. The van der Waals surface area contributed by atoms with E-state index in [2.05, 4.69) is 16.0 Å². The molecule has 2 aromatic carbocycles. The van der Waals surface area contributed by atoms with Crippen LogP contribution in [-0.4, -0.2) is 21.6 Å². The first-order valence-corrected chi connectivity index (χ1v) is 8.40. The molecule has 0 aliphatic rings. The molecule has 0 saturated heterocycles. The summed E-state index contributed by atoms with van der Waals surface area (Å²) in [4.78, 5) is 24.6. The number of hydrogen-bond donors (Lipinski definition) is 2.